The summed E-state index contributed by atoms with van der Waals surface area (Å²) >= 11 is 1.50. The minimum atomic E-state index is -0.170. The molecule has 5 nitrogen and oxygen atoms in total. The van der Waals surface area contributed by atoms with Crippen LogP contribution in [-0.2, 0) is 6.54 Å². The van der Waals surface area contributed by atoms with Crippen LogP contribution in [0.15, 0.2) is 29.8 Å². The summed E-state index contributed by atoms with van der Waals surface area (Å²) < 4.78 is 10.3. The Morgan fingerprint density at radius 2 is 2.11 bits per heavy atom. The van der Waals surface area contributed by atoms with Crippen molar-refractivity contribution in [2.45, 2.75) is 6.54 Å². The minimum Gasteiger partial charge on any atom is -0.493 e. The van der Waals surface area contributed by atoms with E-state index in [9.17, 15) is 4.79 Å². The monoisotopic (exact) mass is 278 g/mol. The molecule has 0 saturated heterocycles. The van der Waals surface area contributed by atoms with E-state index in [4.69, 9.17) is 9.47 Å². The third-order valence-corrected chi connectivity index (χ3v) is 3.31. The predicted molar refractivity (Wildman–Crippen MR) is 72.8 cm³/mol. The van der Waals surface area contributed by atoms with Crippen LogP contribution < -0.4 is 14.8 Å². The first-order valence-electron chi connectivity index (χ1n) is 5.63. The van der Waals surface area contributed by atoms with Gasteiger partial charge in [0.05, 0.1) is 20.8 Å². The summed E-state index contributed by atoms with van der Waals surface area (Å²) in [5, 5.41) is 5.54. The van der Waals surface area contributed by atoms with Gasteiger partial charge in [-0.3, -0.25) is 4.79 Å². The lowest BCUT2D eigenvalue weighted by Gasteiger charge is -2.09. The maximum Gasteiger partial charge on any atom is 0.251 e. The fraction of sp³-hybridized carbons (Fsp3) is 0.231. The van der Waals surface area contributed by atoms with Crippen molar-refractivity contribution in [1.82, 2.24) is 10.3 Å². The number of ether oxygens (including phenoxy) is 2. The van der Waals surface area contributed by atoms with Crippen molar-refractivity contribution in [1.29, 1.82) is 0 Å². The lowest BCUT2D eigenvalue weighted by molar-refractivity contribution is 0.0950. The lowest BCUT2D eigenvalue weighted by Crippen LogP contribution is -2.22. The summed E-state index contributed by atoms with van der Waals surface area (Å²) in [7, 11) is 3.09. The normalized spacial score (nSPS) is 10.0. The van der Waals surface area contributed by atoms with Gasteiger partial charge in [0.15, 0.2) is 11.5 Å². The summed E-state index contributed by atoms with van der Waals surface area (Å²) in [5.41, 5.74) is 0.522. The van der Waals surface area contributed by atoms with Crippen LogP contribution in [0.1, 0.15) is 15.4 Å². The zero-order chi connectivity index (χ0) is 13.7. The quantitative estimate of drug-likeness (QED) is 0.909. The van der Waals surface area contributed by atoms with Crippen LogP contribution in [0.2, 0.25) is 0 Å². The number of carbonyl (C=O) groups excluding carboxylic acids is 1. The van der Waals surface area contributed by atoms with Crippen LogP contribution in [-0.4, -0.2) is 25.1 Å². The van der Waals surface area contributed by atoms with Crippen LogP contribution in [0.4, 0.5) is 0 Å². The van der Waals surface area contributed by atoms with Crippen LogP contribution in [0.25, 0.3) is 0 Å². The van der Waals surface area contributed by atoms with Gasteiger partial charge in [0.2, 0.25) is 0 Å². The fourth-order valence-electron chi connectivity index (χ4n) is 1.58. The molecule has 0 bridgehead atoms. The number of carbonyl (C=O) groups is 1. The van der Waals surface area contributed by atoms with E-state index in [-0.39, 0.29) is 5.91 Å². The zero-order valence-electron chi connectivity index (χ0n) is 10.7. The highest BCUT2D eigenvalue weighted by Gasteiger charge is 2.10. The van der Waals surface area contributed by atoms with E-state index in [2.05, 4.69) is 10.3 Å². The van der Waals surface area contributed by atoms with Gasteiger partial charge in [-0.1, -0.05) is 0 Å². The third kappa shape index (κ3) is 3.23. The minimum absolute atomic E-state index is 0.170. The molecule has 6 heteroatoms. The maximum atomic E-state index is 12.0. The topological polar surface area (TPSA) is 60.5 Å². The molecule has 0 unspecified atom stereocenters. The van der Waals surface area contributed by atoms with Gasteiger partial charge >= 0.3 is 0 Å². The molecule has 19 heavy (non-hydrogen) atoms. The molecule has 1 heterocycles. The molecule has 0 spiro atoms. The average molecular weight is 278 g/mol. The molecular formula is C13H14N2O3S. The Bertz CT molecular complexity index is 555. The van der Waals surface area contributed by atoms with Crippen molar-refractivity contribution in [3.63, 3.8) is 0 Å². The Morgan fingerprint density at radius 1 is 1.32 bits per heavy atom. The van der Waals surface area contributed by atoms with Gasteiger partial charge in [-0.2, -0.15) is 0 Å². The van der Waals surface area contributed by atoms with E-state index >= 15 is 0 Å². The Kier molecular flexibility index (Phi) is 4.35. The maximum absolute atomic E-state index is 12.0. The molecule has 100 valence electrons. The third-order valence-electron chi connectivity index (χ3n) is 2.53. The number of methoxy groups -OCH3 is 2. The first kappa shape index (κ1) is 13.4. The Morgan fingerprint density at radius 3 is 2.74 bits per heavy atom. The molecule has 1 N–H and O–H groups in total. The molecule has 0 saturated carbocycles. The first-order valence-corrected chi connectivity index (χ1v) is 6.51. The van der Waals surface area contributed by atoms with Gasteiger partial charge < -0.3 is 14.8 Å². The summed E-state index contributed by atoms with van der Waals surface area (Å²) in [4.78, 5) is 16.1. The highest BCUT2D eigenvalue weighted by molar-refractivity contribution is 7.09. The molecule has 0 aliphatic heterocycles. The molecule has 0 aliphatic rings. The van der Waals surface area contributed by atoms with E-state index in [1.54, 1.807) is 31.5 Å². The predicted octanol–water partition coefficient (Wildman–Crippen LogP) is 2.09. The van der Waals surface area contributed by atoms with E-state index in [1.165, 1.54) is 18.4 Å². The number of rotatable bonds is 5. The number of nitrogens with one attached hydrogen (secondary N) is 1. The summed E-state index contributed by atoms with van der Waals surface area (Å²) in [6.07, 6.45) is 1.71. The smallest absolute Gasteiger partial charge is 0.251 e. The van der Waals surface area contributed by atoms with Crippen molar-refractivity contribution >= 4 is 17.2 Å². The number of aromatic nitrogens is 1. The second kappa shape index (κ2) is 6.19. The van der Waals surface area contributed by atoms with Crippen molar-refractivity contribution in [3.05, 3.63) is 40.3 Å². The second-order valence-corrected chi connectivity index (χ2v) is 4.66. The average Bonchev–Trinajstić information content (AvgIpc) is 2.97. The van der Waals surface area contributed by atoms with E-state index in [0.29, 0.717) is 23.6 Å². The molecule has 1 aromatic carbocycles. The first-order chi connectivity index (χ1) is 9.24. The van der Waals surface area contributed by atoms with Gasteiger partial charge in [-0.05, 0) is 18.2 Å². The number of thiazole rings is 1. The number of benzene rings is 1. The summed E-state index contributed by atoms with van der Waals surface area (Å²) in [6, 6.07) is 5.05. The Labute approximate surface area is 115 Å². The molecular weight excluding hydrogens is 264 g/mol. The van der Waals surface area contributed by atoms with Crippen molar-refractivity contribution in [3.8, 4) is 11.5 Å². The number of nitrogens with zero attached hydrogens (tertiary/aromatic N) is 1. The largest absolute Gasteiger partial charge is 0.493 e. The van der Waals surface area contributed by atoms with Gasteiger partial charge in [0.25, 0.3) is 5.91 Å². The van der Waals surface area contributed by atoms with Crippen LogP contribution in [0.3, 0.4) is 0 Å². The van der Waals surface area contributed by atoms with Crippen LogP contribution >= 0.6 is 11.3 Å². The standard InChI is InChI=1S/C13H14N2O3S/c1-17-10-4-3-9(7-11(10)18-2)13(16)15-8-12-14-5-6-19-12/h3-7H,8H2,1-2H3,(H,15,16). The molecule has 2 aromatic rings. The van der Waals surface area contributed by atoms with E-state index in [0.717, 1.165) is 5.01 Å². The van der Waals surface area contributed by atoms with Crippen LogP contribution in [0.5, 0.6) is 11.5 Å². The van der Waals surface area contributed by atoms with Gasteiger partial charge in [0, 0.05) is 17.1 Å². The number of hydrogen-bond donors (Lipinski definition) is 1. The van der Waals surface area contributed by atoms with Crippen molar-refractivity contribution in [2.24, 2.45) is 0 Å². The van der Waals surface area contributed by atoms with E-state index < -0.39 is 0 Å². The van der Waals surface area contributed by atoms with Gasteiger partial charge in [0.1, 0.15) is 5.01 Å². The molecule has 0 radical (unpaired) electrons. The van der Waals surface area contributed by atoms with E-state index in [1.807, 2.05) is 5.38 Å². The molecule has 1 amide bonds. The fourth-order valence-corrected chi connectivity index (χ4v) is 2.13. The molecule has 1 aromatic heterocycles. The highest BCUT2D eigenvalue weighted by Crippen LogP contribution is 2.27. The summed E-state index contributed by atoms with van der Waals surface area (Å²) in [5.74, 6) is 0.958. The van der Waals surface area contributed by atoms with Crippen molar-refractivity contribution in [2.75, 3.05) is 14.2 Å². The number of hydrogen-bond acceptors (Lipinski definition) is 5. The number of amides is 1. The SMILES string of the molecule is COc1ccc(C(=O)NCc2nccs2)cc1OC. The summed E-state index contributed by atoms with van der Waals surface area (Å²) in [6.45, 7) is 0.421. The highest BCUT2D eigenvalue weighted by atomic mass is 32.1. The molecule has 2 rings (SSSR count). The second-order valence-electron chi connectivity index (χ2n) is 3.68. The Balaban J connectivity index is 2.06. The zero-order valence-corrected chi connectivity index (χ0v) is 11.5. The lowest BCUT2D eigenvalue weighted by atomic mass is 10.2. The molecule has 0 fully saturated rings. The molecule has 0 atom stereocenters. The Hall–Kier alpha value is -2.08. The van der Waals surface area contributed by atoms with Crippen LogP contribution in [0, 0.1) is 0 Å². The molecule has 0 aliphatic carbocycles. The van der Waals surface area contributed by atoms with Crippen molar-refractivity contribution < 1.29 is 14.3 Å². The van der Waals surface area contributed by atoms with Gasteiger partial charge in [-0.15, -0.1) is 11.3 Å². The van der Waals surface area contributed by atoms with Gasteiger partial charge in [-0.25, -0.2) is 4.98 Å².